The Morgan fingerprint density at radius 3 is 2.46 bits per heavy atom. The SMILES string of the molecule is CCCB1CCCCN1C(C)(C)C. The van der Waals surface area contributed by atoms with Gasteiger partial charge in [0.05, 0.1) is 0 Å². The van der Waals surface area contributed by atoms with Gasteiger partial charge in [-0.25, -0.2) is 0 Å². The summed E-state index contributed by atoms with van der Waals surface area (Å²) in [6.45, 7) is 11.5. The molecular weight excluding hydrogens is 157 g/mol. The summed E-state index contributed by atoms with van der Waals surface area (Å²) in [5.74, 6) is 0. The van der Waals surface area contributed by atoms with Crippen LogP contribution in [-0.2, 0) is 0 Å². The van der Waals surface area contributed by atoms with Crippen LogP contribution in [-0.4, -0.2) is 23.7 Å². The summed E-state index contributed by atoms with van der Waals surface area (Å²) in [5.41, 5.74) is 0.375. The lowest BCUT2D eigenvalue weighted by molar-refractivity contribution is 0.230. The Morgan fingerprint density at radius 2 is 1.92 bits per heavy atom. The summed E-state index contributed by atoms with van der Waals surface area (Å²) < 4.78 is 0. The first-order chi connectivity index (χ1) is 6.05. The van der Waals surface area contributed by atoms with Gasteiger partial charge < -0.3 is 4.81 Å². The minimum Gasteiger partial charge on any atom is -0.337 e. The van der Waals surface area contributed by atoms with E-state index in [1.165, 1.54) is 38.4 Å². The first-order valence-corrected chi connectivity index (χ1v) is 5.82. The van der Waals surface area contributed by atoms with Gasteiger partial charge in [0.15, 0.2) is 0 Å². The maximum absolute atomic E-state index is 2.71. The highest BCUT2D eigenvalue weighted by Gasteiger charge is 2.32. The Kier molecular flexibility index (Phi) is 3.84. The van der Waals surface area contributed by atoms with Crippen LogP contribution in [0.3, 0.4) is 0 Å². The molecule has 1 aliphatic rings. The summed E-state index contributed by atoms with van der Waals surface area (Å²) in [4.78, 5) is 2.71. The molecule has 0 bridgehead atoms. The van der Waals surface area contributed by atoms with E-state index in [4.69, 9.17) is 0 Å². The van der Waals surface area contributed by atoms with Crippen molar-refractivity contribution >= 4 is 6.85 Å². The second kappa shape index (κ2) is 4.50. The molecule has 1 rings (SSSR count). The molecule has 0 amide bonds. The monoisotopic (exact) mass is 181 g/mol. The topological polar surface area (TPSA) is 3.24 Å². The molecule has 1 fully saturated rings. The minimum absolute atomic E-state index is 0.375. The van der Waals surface area contributed by atoms with E-state index in [9.17, 15) is 0 Å². The molecule has 1 nitrogen and oxygen atoms in total. The van der Waals surface area contributed by atoms with E-state index in [0.717, 1.165) is 6.85 Å². The first kappa shape index (κ1) is 11.1. The number of nitrogens with zero attached hydrogens (tertiary/aromatic N) is 1. The van der Waals surface area contributed by atoms with Crippen molar-refractivity contribution in [1.82, 2.24) is 4.81 Å². The standard InChI is InChI=1S/C11H24BN/c1-5-8-12-9-6-7-10-13(12)11(2,3)4/h5-10H2,1-4H3. The summed E-state index contributed by atoms with van der Waals surface area (Å²) in [5, 5.41) is 0. The molecule has 2 heteroatoms. The smallest absolute Gasteiger partial charge is 0.223 e. The minimum atomic E-state index is 0.375. The Bertz CT molecular complexity index is 149. The third-order valence-corrected chi connectivity index (χ3v) is 3.11. The third kappa shape index (κ3) is 3.01. The van der Waals surface area contributed by atoms with Crippen molar-refractivity contribution < 1.29 is 0 Å². The fourth-order valence-corrected chi connectivity index (χ4v) is 2.52. The van der Waals surface area contributed by atoms with Crippen molar-refractivity contribution in [2.24, 2.45) is 0 Å². The number of hydrogen-bond donors (Lipinski definition) is 0. The molecule has 1 aliphatic heterocycles. The van der Waals surface area contributed by atoms with E-state index >= 15 is 0 Å². The summed E-state index contributed by atoms with van der Waals surface area (Å²) in [6.07, 6.45) is 6.98. The summed E-state index contributed by atoms with van der Waals surface area (Å²) in [7, 11) is 0. The number of hydrogen-bond acceptors (Lipinski definition) is 1. The Hall–Kier alpha value is 0.0249. The van der Waals surface area contributed by atoms with Crippen LogP contribution < -0.4 is 0 Å². The molecule has 0 unspecified atom stereocenters. The van der Waals surface area contributed by atoms with E-state index in [-0.39, 0.29) is 0 Å². The predicted octanol–water partition coefficient (Wildman–Crippen LogP) is 3.28. The lowest BCUT2D eigenvalue weighted by atomic mass is 9.50. The van der Waals surface area contributed by atoms with Gasteiger partial charge in [0, 0.05) is 5.54 Å². The van der Waals surface area contributed by atoms with Crippen LogP contribution in [0.25, 0.3) is 0 Å². The Balaban J connectivity index is 2.56. The van der Waals surface area contributed by atoms with E-state index in [1.807, 2.05) is 0 Å². The maximum Gasteiger partial charge on any atom is 0.223 e. The molecule has 76 valence electrons. The maximum atomic E-state index is 2.71. The van der Waals surface area contributed by atoms with Gasteiger partial charge in [0.2, 0.25) is 6.85 Å². The van der Waals surface area contributed by atoms with Crippen molar-refractivity contribution in [2.45, 2.75) is 65.1 Å². The van der Waals surface area contributed by atoms with Crippen molar-refractivity contribution in [1.29, 1.82) is 0 Å². The zero-order chi connectivity index (χ0) is 9.90. The van der Waals surface area contributed by atoms with E-state index in [1.54, 1.807) is 0 Å². The molecule has 1 saturated heterocycles. The van der Waals surface area contributed by atoms with Crippen molar-refractivity contribution in [2.75, 3.05) is 6.54 Å². The van der Waals surface area contributed by atoms with Gasteiger partial charge in [-0.3, -0.25) is 0 Å². The molecule has 0 aliphatic carbocycles. The van der Waals surface area contributed by atoms with Gasteiger partial charge in [-0.2, -0.15) is 0 Å². The molecule has 0 N–H and O–H groups in total. The van der Waals surface area contributed by atoms with Crippen LogP contribution in [0.4, 0.5) is 0 Å². The zero-order valence-electron chi connectivity index (χ0n) is 9.77. The highest BCUT2D eigenvalue weighted by Crippen LogP contribution is 2.26. The highest BCUT2D eigenvalue weighted by atomic mass is 15.1. The van der Waals surface area contributed by atoms with Crippen LogP contribution >= 0.6 is 0 Å². The zero-order valence-corrected chi connectivity index (χ0v) is 9.77. The van der Waals surface area contributed by atoms with Crippen LogP contribution in [0.5, 0.6) is 0 Å². The summed E-state index contributed by atoms with van der Waals surface area (Å²) >= 11 is 0. The van der Waals surface area contributed by atoms with Gasteiger partial charge in [0.25, 0.3) is 0 Å². The average Bonchev–Trinajstić information content (AvgIpc) is 2.04. The highest BCUT2D eigenvalue weighted by molar-refractivity contribution is 6.56. The molecule has 0 aromatic rings. The fraction of sp³-hybridized carbons (Fsp3) is 1.00. The lowest BCUT2D eigenvalue weighted by Gasteiger charge is -2.43. The third-order valence-electron chi connectivity index (χ3n) is 3.11. The second-order valence-corrected chi connectivity index (χ2v) is 5.30. The van der Waals surface area contributed by atoms with E-state index in [0.29, 0.717) is 5.54 Å². The van der Waals surface area contributed by atoms with Gasteiger partial charge in [-0.1, -0.05) is 32.4 Å². The van der Waals surface area contributed by atoms with E-state index in [2.05, 4.69) is 32.5 Å². The molecule has 0 spiro atoms. The molecule has 0 aromatic carbocycles. The predicted molar refractivity (Wildman–Crippen MR) is 61.4 cm³/mol. The number of rotatable bonds is 2. The van der Waals surface area contributed by atoms with Gasteiger partial charge in [-0.05, 0) is 33.7 Å². The Labute approximate surface area is 84.0 Å². The van der Waals surface area contributed by atoms with Crippen LogP contribution in [0.15, 0.2) is 0 Å². The van der Waals surface area contributed by atoms with Crippen molar-refractivity contribution in [3.63, 3.8) is 0 Å². The second-order valence-electron chi connectivity index (χ2n) is 5.30. The van der Waals surface area contributed by atoms with E-state index < -0.39 is 0 Å². The molecule has 0 atom stereocenters. The normalized spacial score (nSPS) is 20.8. The molecule has 13 heavy (non-hydrogen) atoms. The fourth-order valence-electron chi connectivity index (χ4n) is 2.52. The molecule has 0 radical (unpaired) electrons. The molecule has 0 saturated carbocycles. The van der Waals surface area contributed by atoms with Crippen molar-refractivity contribution in [3.8, 4) is 0 Å². The average molecular weight is 181 g/mol. The Morgan fingerprint density at radius 1 is 1.23 bits per heavy atom. The van der Waals surface area contributed by atoms with Gasteiger partial charge in [-0.15, -0.1) is 0 Å². The van der Waals surface area contributed by atoms with Crippen LogP contribution in [0.2, 0.25) is 12.6 Å². The van der Waals surface area contributed by atoms with Gasteiger partial charge >= 0.3 is 0 Å². The largest absolute Gasteiger partial charge is 0.337 e. The molecular formula is C11H24BN. The summed E-state index contributed by atoms with van der Waals surface area (Å²) in [6, 6.07) is 0. The van der Waals surface area contributed by atoms with Gasteiger partial charge in [0.1, 0.15) is 0 Å². The van der Waals surface area contributed by atoms with Crippen molar-refractivity contribution in [3.05, 3.63) is 0 Å². The quantitative estimate of drug-likeness (QED) is 0.591. The lowest BCUT2D eigenvalue weighted by Crippen LogP contribution is -2.53. The molecule has 0 aromatic heterocycles. The van der Waals surface area contributed by atoms with Crippen LogP contribution in [0.1, 0.15) is 47.0 Å². The molecule has 1 heterocycles. The first-order valence-electron chi connectivity index (χ1n) is 5.82. The van der Waals surface area contributed by atoms with Crippen LogP contribution in [0, 0.1) is 0 Å².